The number of rotatable bonds is 5. The lowest BCUT2D eigenvalue weighted by atomic mass is 9.93. The average molecular weight is 291 g/mol. The molecule has 108 valence electrons. The van der Waals surface area contributed by atoms with Gasteiger partial charge in [0.05, 0.1) is 13.2 Å². The van der Waals surface area contributed by atoms with Crippen molar-refractivity contribution in [1.29, 1.82) is 0 Å². The standard InChI is InChI=1S/C15H21N3OS/c19-10-9-18-15(3-6-16-18)13-4-7-17(8-5-13)12-14-2-1-11-20-14/h1-3,6,11,13,19H,4-5,7-10,12H2. The molecule has 20 heavy (non-hydrogen) atoms. The molecule has 0 aromatic carbocycles. The molecule has 1 fully saturated rings. The third-order valence-electron chi connectivity index (χ3n) is 4.03. The second-order valence-electron chi connectivity index (χ2n) is 5.33. The van der Waals surface area contributed by atoms with Gasteiger partial charge in [-0.3, -0.25) is 9.58 Å². The topological polar surface area (TPSA) is 41.3 Å². The molecule has 1 N–H and O–H groups in total. The summed E-state index contributed by atoms with van der Waals surface area (Å²) in [6.07, 6.45) is 4.22. The molecule has 0 aliphatic carbocycles. The Labute approximate surface area is 123 Å². The van der Waals surface area contributed by atoms with Crippen molar-refractivity contribution in [1.82, 2.24) is 14.7 Å². The fourth-order valence-electron chi connectivity index (χ4n) is 2.98. The van der Waals surface area contributed by atoms with Crippen molar-refractivity contribution in [3.05, 3.63) is 40.3 Å². The lowest BCUT2D eigenvalue weighted by Gasteiger charge is -2.31. The Hall–Kier alpha value is -1.17. The maximum atomic E-state index is 9.08. The molecular weight excluding hydrogens is 270 g/mol. The maximum Gasteiger partial charge on any atom is 0.0644 e. The van der Waals surface area contributed by atoms with Crippen LogP contribution < -0.4 is 0 Å². The van der Waals surface area contributed by atoms with E-state index in [-0.39, 0.29) is 6.61 Å². The molecule has 0 bridgehead atoms. The molecule has 3 heterocycles. The van der Waals surface area contributed by atoms with Gasteiger partial charge in [0.2, 0.25) is 0 Å². The second-order valence-corrected chi connectivity index (χ2v) is 6.36. The Kier molecular flexibility index (Phi) is 4.50. The van der Waals surface area contributed by atoms with Gasteiger partial charge < -0.3 is 5.11 Å². The van der Waals surface area contributed by atoms with Crippen LogP contribution in [-0.4, -0.2) is 39.5 Å². The first-order valence-corrected chi connectivity index (χ1v) is 8.12. The van der Waals surface area contributed by atoms with Gasteiger partial charge in [0.15, 0.2) is 0 Å². The predicted octanol–water partition coefficient (Wildman–Crippen LogP) is 2.32. The number of aliphatic hydroxyl groups is 1. The highest BCUT2D eigenvalue weighted by atomic mass is 32.1. The van der Waals surface area contributed by atoms with Crippen LogP contribution in [0.1, 0.15) is 29.3 Å². The van der Waals surface area contributed by atoms with Crippen LogP contribution >= 0.6 is 11.3 Å². The first-order chi connectivity index (χ1) is 9.86. The van der Waals surface area contributed by atoms with E-state index in [4.69, 9.17) is 5.11 Å². The smallest absolute Gasteiger partial charge is 0.0644 e. The highest BCUT2D eigenvalue weighted by Crippen LogP contribution is 2.28. The summed E-state index contributed by atoms with van der Waals surface area (Å²) in [5.41, 5.74) is 1.29. The second kappa shape index (κ2) is 6.52. The van der Waals surface area contributed by atoms with Crippen LogP contribution in [-0.2, 0) is 13.1 Å². The zero-order valence-electron chi connectivity index (χ0n) is 11.6. The largest absolute Gasteiger partial charge is 0.394 e. The highest BCUT2D eigenvalue weighted by Gasteiger charge is 2.23. The number of piperidine rings is 1. The molecule has 3 rings (SSSR count). The van der Waals surface area contributed by atoms with Crippen molar-refractivity contribution in [3.63, 3.8) is 0 Å². The minimum Gasteiger partial charge on any atom is -0.394 e. The molecule has 0 saturated carbocycles. The Morgan fingerprint density at radius 3 is 2.85 bits per heavy atom. The monoisotopic (exact) mass is 291 g/mol. The Morgan fingerprint density at radius 2 is 2.15 bits per heavy atom. The van der Waals surface area contributed by atoms with Crippen molar-refractivity contribution >= 4 is 11.3 Å². The van der Waals surface area contributed by atoms with E-state index in [1.165, 1.54) is 23.4 Å². The molecule has 1 aliphatic heterocycles. The highest BCUT2D eigenvalue weighted by molar-refractivity contribution is 7.09. The molecular formula is C15H21N3OS. The Morgan fingerprint density at radius 1 is 1.30 bits per heavy atom. The van der Waals surface area contributed by atoms with Crippen molar-refractivity contribution < 1.29 is 5.11 Å². The van der Waals surface area contributed by atoms with Gasteiger partial charge in [-0.15, -0.1) is 11.3 Å². The molecule has 2 aromatic heterocycles. The summed E-state index contributed by atoms with van der Waals surface area (Å²) >= 11 is 1.84. The third kappa shape index (κ3) is 3.11. The first-order valence-electron chi connectivity index (χ1n) is 7.24. The number of hydrogen-bond acceptors (Lipinski definition) is 4. The van der Waals surface area contributed by atoms with Crippen molar-refractivity contribution in [2.45, 2.75) is 31.8 Å². The average Bonchev–Trinajstić information content (AvgIpc) is 3.12. The van der Waals surface area contributed by atoms with Crippen LogP contribution in [0.4, 0.5) is 0 Å². The van der Waals surface area contributed by atoms with Crippen molar-refractivity contribution in [2.75, 3.05) is 19.7 Å². The minimum atomic E-state index is 0.159. The summed E-state index contributed by atoms with van der Waals surface area (Å²) in [7, 11) is 0. The lowest BCUT2D eigenvalue weighted by molar-refractivity contribution is 0.200. The molecule has 4 nitrogen and oxygen atoms in total. The summed E-state index contributed by atoms with van der Waals surface area (Å²) in [5.74, 6) is 0.587. The number of nitrogens with zero attached hydrogens (tertiary/aromatic N) is 3. The normalized spacial score (nSPS) is 17.6. The first kappa shape index (κ1) is 13.8. The summed E-state index contributed by atoms with van der Waals surface area (Å²) in [6, 6.07) is 6.45. The third-order valence-corrected chi connectivity index (χ3v) is 4.89. The summed E-state index contributed by atoms with van der Waals surface area (Å²) in [5, 5.41) is 15.5. The molecule has 1 aliphatic rings. The summed E-state index contributed by atoms with van der Waals surface area (Å²) in [4.78, 5) is 3.99. The van der Waals surface area contributed by atoms with Gasteiger partial charge in [-0.25, -0.2) is 0 Å². The molecule has 0 atom stereocenters. The zero-order chi connectivity index (χ0) is 13.8. The fourth-order valence-corrected chi connectivity index (χ4v) is 3.73. The van der Waals surface area contributed by atoms with E-state index in [2.05, 4.69) is 33.6 Å². The van der Waals surface area contributed by atoms with Gasteiger partial charge in [0.1, 0.15) is 0 Å². The van der Waals surface area contributed by atoms with E-state index in [1.807, 2.05) is 22.2 Å². The van der Waals surface area contributed by atoms with Crippen molar-refractivity contribution in [3.8, 4) is 0 Å². The molecule has 0 amide bonds. The van der Waals surface area contributed by atoms with Crippen LogP contribution in [0.15, 0.2) is 29.8 Å². The lowest BCUT2D eigenvalue weighted by Crippen LogP contribution is -2.33. The molecule has 5 heteroatoms. The van der Waals surface area contributed by atoms with E-state index >= 15 is 0 Å². The van der Waals surface area contributed by atoms with Crippen LogP contribution in [0.3, 0.4) is 0 Å². The number of aromatic nitrogens is 2. The van der Waals surface area contributed by atoms with E-state index in [9.17, 15) is 0 Å². The Balaban J connectivity index is 1.56. The number of likely N-dealkylation sites (tertiary alicyclic amines) is 1. The summed E-state index contributed by atoms with van der Waals surface area (Å²) < 4.78 is 1.96. The predicted molar refractivity (Wildman–Crippen MR) is 80.9 cm³/mol. The fraction of sp³-hybridized carbons (Fsp3) is 0.533. The van der Waals surface area contributed by atoms with Gasteiger partial charge >= 0.3 is 0 Å². The molecule has 0 unspecified atom stereocenters. The van der Waals surface area contributed by atoms with Gasteiger partial charge in [-0.05, 0) is 43.4 Å². The van der Waals surface area contributed by atoms with Gasteiger partial charge in [0, 0.05) is 29.2 Å². The molecule has 2 aromatic rings. The number of thiophene rings is 1. The van der Waals surface area contributed by atoms with Crippen LogP contribution in [0, 0.1) is 0 Å². The molecule has 0 radical (unpaired) electrons. The maximum absolute atomic E-state index is 9.08. The SMILES string of the molecule is OCCn1nccc1C1CCN(Cc2cccs2)CC1. The minimum absolute atomic E-state index is 0.159. The van der Waals surface area contributed by atoms with Crippen LogP contribution in [0.25, 0.3) is 0 Å². The van der Waals surface area contributed by atoms with E-state index < -0.39 is 0 Å². The van der Waals surface area contributed by atoms with Gasteiger partial charge in [0.25, 0.3) is 0 Å². The van der Waals surface area contributed by atoms with Gasteiger partial charge in [-0.2, -0.15) is 5.10 Å². The van der Waals surface area contributed by atoms with E-state index in [1.54, 1.807) is 0 Å². The molecule has 1 saturated heterocycles. The Bertz CT molecular complexity index is 515. The van der Waals surface area contributed by atoms with E-state index in [0.717, 1.165) is 19.6 Å². The quantitative estimate of drug-likeness (QED) is 0.919. The molecule has 0 spiro atoms. The van der Waals surface area contributed by atoms with E-state index in [0.29, 0.717) is 12.5 Å². The van der Waals surface area contributed by atoms with Gasteiger partial charge in [-0.1, -0.05) is 6.07 Å². The van der Waals surface area contributed by atoms with Crippen LogP contribution in [0.5, 0.6) is 0 Å². The number of aliphatic hydroxyl groups excluding tert-OH is 1. The van der Waals surface area contributed by atoms with Crippen molar-refractivity contribution in [2.24, 2.45) is 0 Å². The van der Waals surface area contributed by atoms with Crippen LogP contribution in [0.2, 0.25) is 0 Å². The zero-order valence-corrected chi connectivity index (χ0v) is 12.4. The number of hydrogen-bond donors (Lipinski definition) is 1. The summed E-state index contributed by atoms with van der Waals surface area (Å²) in [6.45, 7) is 4.14.